The number of hydrogen-bond acceptors (Lipinski definition) is 16. The lowest BCUT2D eigenvalue weighted by molar-refractivity contribution is -0.384. The fraction of sp³-hybridized carbons (Fsp3) is 0.837. The Hall–Kier alpha value is -2.82. The minimum atomic E-state index is -1.87. The molecule has 4 rings (SSSR count). The number of nitro benzene ring substituents is 1. The van der Waals surface area contributed by atoms with Gasteiger partial charge in [0.15, 0.2) is 5.11 Å². The van der Waals surface area contributed by atoms with Gasteiger partial charge in [-0.3, -0.25) is 19.8 Å². The second-order valence-electron chi connectivity index (χ2n) is 21.1. The fourth-order valence-electron chi connectivity index (χ4n) is 11.3. The third kappa shape index (κ3) is 13.6. The van der Waals surface area contributed by atoms with Crippen molar-refractivity contribution in [3.05, 3.63) is 28.3 Å². The van der Waals surface area contributed by atoms with Crippen LogP contribution in [0.2, 0.25) is 0 Å². The normalized spacial score (nSPS) is 40.4. The number of rotatable bonds is 13. The molecule has 7 N–H and O–H groups in total. The maximum Gasteiger partial charge on any atom is 0.309 e. The molecule has 0 spiro atoms. The third-order valence-electron chi connectivity index (χ3n) is 15.9. The summed E-state index contributed by atoms with van der Waals surface area (Å²) < 4.78 is 30.5. The number of hydrogen-bond donors (Lipinski definition) is 7. The second kappa shape index (κ2) is 24.1. The Labute approximate surface area is 409 Å². The van der Waals surface area contributed by atoms with E-state index in [0.29, 0.717) is 38.0 Å². The Bertz CT molecular complexity index is 1830. The molecule has 3 aliphatic heterocycles. The first-order valence-corrected chi connectivity index (χ1v) is 24.9. The van der Waals surface area contributed by atoms with Gasteiger partial charge in [0, 0.05) is 57.7 Å². The second-order valence-corrected chi connectivity index (χ2v) is 21.5. The number of anilines is 1. The number of carbonyl (C=O) groups excluding carboxylic acids is 1. The van der Waals surface area contributed by atoms with Crippen LogP contribution in [-0.2, 0) is 23.7 Å². The largest absolute Gasteiger partial charge is 0.494 e. The number of aliphatic hydroxyl groups excluding tert-OH is 3. The van der Waals surface area contributed by atoms with Gasteiger partial charge in [-0.1, -0.05) is 34.6 Å². The number of thiocarbonyl (C=S) groups is 1. The smallest absolute Gasteiger partial charge is 0.309 e. The van der Waals surface area contributed by atoms with E-state index in [1.165, 1.54) is 32.2 Å². The highest BCUT2D eigenvalue weighted by atomic mass is 32.1. The number of methoxy groups -OCH3 is 2. The van der Waals surface area contributed by atoms with Crippen molar-refractivity contribution in [1.82, 2.24) is 15.1 Å². The summed E-state index contributed by atoms with van der Waals surface area (Å²) in [5.41, 5.74) is -4.07. The molecule has 3 aliphatic rings. The zero-order valence-corrected chi connectivity index (χ0v) is 43.8. The van der Waals surface area contributed by atoms with Crippen molar-refractivity contribution in [2.24, 2.45) is 29.6 Å². The van der Waals surface area contributed by atoms with Gasteiger partial charge in [0.2, 0.25) is 0 Å². The van der Waals surface area contributed by atoms with Crippen molar-refractivity contribution < 1.29 is 58.9 Å². The van der Waals surface area contributed by atoms with E-state index in [1.54, 1.807) is 27.9 Å². The Balaban J connectivity index is 1.81. The summed E-state index contributed by atoms with van der Waals surface area (Å²) in [4.78, 5) is 29.1. The lowest BCUT2D eigenvalue weighted by atomic mass is 9.63. The summed E-state index contributed by atoms with van der Waals surface area (Å²) in [6.45, 7) is 19.4. The molecule has 3 fully saturated rings. The predicted molar refractivity (Wildman–Crippen MR) is 263 cm³/mol. The molecule has 1 aromatic rings. The van der Waals surface area contributed by atoms with Crippen molar-refractivity contribution in [3.63, 3.8) is 0 Å². The minimum Gasteiger partial charge on any atom is -0.494 e. The van der Waals surface area contributed by atoms with E-state index >= 15 is 0 Å². The van der Waals surface area contributed by atoms with Crippen LogP contribution in [0.5, 0.6) is 5.75 Å². The maximum absolute atomic E-state index is 14.3. The number of esters is 1. The van der Waals surface area contributed by atoms with Gasteiger partial charge in [0.05, 0.1) is 71.4 Å². The summed E-state index contributed by atoms with van der Waals surface area (Å²) in [5.74, 6) is -2.57. The van der Waals surface area contributed by atoms with Gasteiger partial charge in [-0.25, -0.2) is 0 Å². The molecule has 0 aliphatic carbocycles. The molecule has 3 heterocycles. The molecule has 18 nitrogen and oxygen atoms in total. The van der Waals surface area contributed by atoms with Gasteiger partial charge in [0.25, 0.3) is 5.69 Å². The van der Waals surface area contributed by atoms with Crippen molar-refractivity contribution in [3.8, 4) is 5.75 Å². The third-order valence-corrected chi connectivity index (χ3v) is 16.1. The topological polar surface area (TPSA) is 238 Å². The molecule has 0 bridgehead atoms. The highest BCUT2D eigenvalue weighted by Crippen LogP contribution is 2.47. The van der Waals surface area contributed by atoms with Gasteiger partial charge in [-0.15, -0.1) is 0 Å². The molecule has 68 heavy (non-hydrogen) atoms. The first-order chi connectivity index (χ1) is 31.6. The average molecular weight is 984 g/mol. The molecular weight excluding hydrogens is 899 g/mol. The van der Waals surface area contributed by atoms with Crippen LogP contribution in [0.25, 0.3) is 0 Å². The molecule has 0 aromatic heterocycles. The van der Waals surface area contributed by atoms with E-state index in [0.717, 1.165) is 0 Å². The van der Waals surface area contributed by atoms with Gasteiger partial charge >= 0.3 is 5.97 Å². The predicted octanol–water partition coefficient (Wildman–Crippen LogP) is 4.50. The molecule has 390 valence electrons. The average Bonchev–Trinajstić information content (AvgIpc) is 3.27. The molecular formula is C49H85N5O13S. The van der Waals surface area contributed by atoms with Crippen LogP contribution in [-0.4, -0.2) is 177 Å². The standard InChI is InChI=1S/C49H85N5O13S/c1-15-41-48(10,59)43(56)32(7)53(19-18-50-46(68)51-37-17-16-34(54(61)62)21-39(37)63-13)26-27(2)23-49(60,25-40-42(55)38(52(11)12)20-28(3)65-40)36(30(5)29(4)31(6)45(58)67-41)22-35-24-47(9,64-14)44(57)33(8)66-35/h16-17,21,27-33,35-36,38,40-44,55-57,59-60H,15,18-20,22-26H2,1-14H3,(H2,50,51,68)/t27-,28+,29+,30+,31+,32+,33-,35+,36-,38-,40-,41-,42-,43+,44+,47+,48-,49+/m0/s1. The molecule has 0 radical (unpaired) electrons. The molecule has 18 atom stereocenters. The summed E-state index contributed by atoms with van der Waals surface area (Å²) in [6, 6.07) is 3.19. The Morgan fingerprint density at radius 2 is 1.68 bits per heavy atom. The summed E-state index contributed by atoms with van der Waals surface area (Å²) in [6.07, 6.45) is -4.49. The number of nitro groups is 1. The van der Waals surface area contributed by atoms with Crippen molar-refractivity contribution in [1.29, 1.82) is 0 Å². The van der Waals surface area contributed by atoms with Crippen LogP contribution in [0.4, 0.5) is 11.4 Å². The van der Waals surface area contributed by atoms with Crippen LogP contribution in [0.3, 0.4) is 0 Å². The van der Waals surface area contributed by atoms with Crippen molar-refractivity contribution >= 4 is 34.7 Å². The number of nitrogens with one attached hydrogen (secondary N) is 2. The van der Waals surface area contributed by atoms with Gasteiger partial charge in [-0.05, 0) is 116 Å². The monoisotopic (exact) mass is 984 g/mol. The van der Waals surface area contributed by atoms with Crippen LogP contribution in [0.1, 0.15) is 108 Å². The van der Waals surface area contributed by atoms with Crippen LogP contribution in [0.15, 0.2) is 18.2 Å². The van der Waals surface area contributed by atoms with Crippen LogP contribution >= 0.6 is 12.2 Å². The van der Waals surface area contributed by atoms with E-state index in [4.69, 9.17) is 35.9 Å². The highest BCUT2D eigenvalue weighted by molar-refractivity contribution is 7.80. The number of likely N-dealkylation sites (N-methyl/N-ethyl adjacent to an activating group) is 1. The quantitative estimate of drug-likeness (QED) is 0.0623. The zero-order chi connectivity index (χ0) is 51.2. The SMILES string of the molecule is CC[C@@H]1OC(=O)[C@H](C)[C@H](C)[C@@H](C)[C@H](C[C@@H]2C[C@@](C)(OC)[C@H](O)[C@H](C)O2)[C@](O)(C[C@@H]2O[C@H](C)C[C@H](N(C)C)[C@@H]2O)C[C@H](C)CN(CCNC(=S)Nc2ccc([N+](=O)[O-])cc2OC)[C@H](C)[C@@H](O)[C@@]1(C)O. The van der Waals surface area contributed by atoms with E-state index in [-0.39, 0.29) is 72.3 Å². The van der Waals surface area contributed by atoms with E-state index in [1.807, 2.05) is 65.4 Å². The fourth-order valence-corrected chi connectivity index (χ4v) is 11.5. The number of benzene rings is 1. The van der Waals surface area contributed by atoms with Gasteiger partial charge < -0.3 is 64.8 Å². The molecule has 1 aromatic carbocycles. The minimum absolute atomic E-state index is 0.0680. The summed E-state index contributed by atoms with van der Waals surface area (Å²) >= 11 is 5.64. The number of cyclic esters (lactones) is 1. The number of carbonyl (C=O) groups is 1. The first kappa shape index (κ1) is 57.8. The van der Waals surface area contributed by atoms with Gasteiger partial charge in [0.1, 0.15) is 29.7 Å². The molecule has 3 saturated heterocycles. The van der Waals surface area contributed by atoms with Gasteiger partial charge in [-0.2, -0.15) is 0 Å². The molecule has 19 heteroatoms. The first-order valence-electron chi connectivity index (χ1n) is 24.5. The van der Waals surface area contributed by atoms with E-state index < -0.39 is 88.3 Å². The summed E-state index contributed by atoms with van der Waals surface area (Å²) in [7, 11) is 6.82. The Morgan fingerprint density at radius 3 is 2.26 bits per heavy atom. The number of nitrogens with zero attached hydrogens (tertiary/aromatic N) is 3. The lowest BCUT2D eigenvalue weighted by Gasteiger charge is -2.51. The number of non-ortho nitro benzene ring substituents is 1. The van der Waals surface area contributed by atoms with Crippen LogP contribution < -0.4 is 15.4 Å². The van der Waals surface area contributed by atoms with Crippen molar-refractivity contribution in [2.45, 2.75) is 185 Å². The maximum atomic E-state index is 14.3. The van der Waals surface area contributed by atoms with E-state index in [9.17, 15) is 40.4 Å². The van der Waals surface area contributed by atoms with E-state index in [2.05, 4.69) is 10.6 Å². The highest BCUT2D eigenvalue weighted by Gasteiger charge is 2.53. The number of aliphatic hydroxyl groups is 5. The Morgan fingerprint density at radius 1 is 1.01 bits per heavy atom. The lowest BCUT2D eigenvalue weighted by Crippen LogP contribution is -2.60. The number of ether oxygens (including phenoxy) is 5. The summed E-state index contributed by atoms with van der Waals surface area (Å²) in [5, 5.41) is 79.1. The molecule has 0 amide bonds. The Kier molecular flexibility index (Phi) is 20.4. The molecule has 0 unspecified atom stereocenters. The molecule has 0 saturated carbocycles. The zero-order valence-electron chi connectivity index (χ0n) is 43.0. The van der Waals surface area contributed by atoms with Crippen LogP contribution in [0, 0.1) is 39.7 Å². The van der Waals surface area contributed by atoms with Crippen molar-refractivity contribution in [2.75, 3.05) is 53.3 Å².